The highest BCUT2D eigenvalue weighted by Gasteiger charge is 2.10. The molecule has 3 nitrogen and oxygen atoms in total. The normalized spacial score (nSPS) is 10.4. The van der Waals surface area contributed by atoms with Gasteiger partial charge in [-0.15, -0.1) is 0 Å². The first kappa shape index (κ1) is 12.5. The fourth-order valence-corrected chi connectivity index (χ4v) is 1.88. The van der Waals surface area contributed by atoms with Gasteiger partial charge in [0.2, 0.25) is 5.28 Å². The largest absolute Gasteiger partial charge is 0.336 e. The predicted molar refractivity (Wildman–Crippen MR) is 69.4 cm³/mol. The van der Waals surface area contributed by atoms with Crippen LogP contribution in [0.25, 0.3) is 0 Å². The van der Waals surface area contributed by atoms with E-state index in [0.717, 1.165) is 0 Å². The van der Waals surface area contributed by atoms with Gasteiger partial charge in [-0.3, -0.25) is 0 Å². The molecule has 0 atom stereocenters. The molecule has 0 aliphatic carbocycles. The lowest BCUT2D eigenvalue weighted by molar-refractivity contribution is 0.631. The molecule has 2 rings (SSSR count). The van der Waals surface area contributed by atoms with Gasteiger partial charge >= 0.3 is 0 Å². The minimum atomic E-state index is -0.426. The van der Waals surface area contributed by atoms with Crippen LogP contribution in [0.1, 0.15) is 0 Å². The third-order valence-electron chi connectivity index (χ3n) is 1.92. The number of para-hydroxylation sites is 1. The van der Waals surface area contributed by atoms with Crippen molar-refractivity contribution in [3.05, 3.63) is 45.0 Å². The Bertz CT molecular complexity index is 545. The smallest absolute Gasteiger partial charge is 0.224 e. The molecule has 0 spiro atoms. The van der Waals surface area contributed by atoms with Crippen LogP contribution in [-0.2, 0) is 0 Å². The molecule has 2 aromatic rings. The lowest BCUT2D eigenvalue weighted by atomic mass is 10.3. The highest BCUT2D eigenvalue weighted by Crippen LogP contribution is 2.30. The SMILES string of the molecule is Fc1cccc(Br)c1Nc1nc(Cl)ncc1Cl. The van der Waals surface area contributed by atoms with E-state index < -0.39 is 5.82 Å². The number of benzene rings is 1. The quantitative estimate of drug-likeness (QED) is 0.824. The first-order chi connectivity index (χ1) is 8.08. The van der Waals surface area contributed by atoms with Gasteiger partial charge in [-0.25, -0.2) is 9.37 Å². The number of hydrogen-bond donors (Lipinski definition) is 1. The van der Waals surface area contributed by atoms with Gasteiger partial charge in [-0.2, -0.15) is 4.98 Å². The molecule has 1 aromatic carbocycles. The fourth-order valence-electron chi connectivity index (χ4n) is 1.17. The van der Waals surface area contributed by atoms with E-state index in [1.807, 2.05) is 0 Å². The number of anilines is 2. The van der Waals surface area contributed by atoms with Crippen molar-refractivity contribution in [1.29, 1.82) is 0 Å². The van der Waals surface area contributed by atoms with Crippen LogP contribution in [0, 0.1) is 5.82 Å². The molecule has 0 saturated heterocycles. The summed E-state index contributed by atoms with van der Waals surface area (Å²) < 4.78 is 14.1. The summed E-state index contributed by atoms with van der Waals surface area (Å²) in [4.78, 5) is 7.58. The summed E-state index contributed by atoms with van der Waals surface area (Å²) in [6.07, 6.45) is 1.34. The minimum absolute atomic E-state index is 0.0318. The molecule has 0 amide bonds. The Kier molecular flexibility index (Phi) is 3.81. The minimum Gasteiger partial charge on any atom is -0.336 e. The molecule has 0 radical (unpaired) electrons. The van der Waals surface area contributed by atoms with E-state index in [9.17, 15) is 4.39 Å². The lowest BCUT2D eigenvalue weighted by Crippen LogP contribution is -1.99. The molecule has 88 valence electrons. The van der Waals surface area contributed by atoms with Crippen molar-refractivity contribution in [3.63, 3.8) is 0 Å². The van der Waals surface area contributed by atoms with Gasteiger partial charge in [0.15, 0.2) is 5.82 Å². The Morgan fingerprint density at radius 3 is 2.76 bits per heavy atom. The number of nitrogens with one attached hydrogen (secondary N) is 1. The van der Waals surface area contributed by atoms with Gasteiger partial charge in [-0.1, -0.05) is 17.7 Å². The van der Waals surface area contributed by atoms with Crippen LogP contribution in [0.5, 0.6) is 0 Å². The number of rotatable bonds is 2. The van der Waals surface area contributed by atoms with Crippen LogP contribution < -0.4 is 5.32 Å². The van der Waals surface area contributed by atoms with Gasteiger partial charge in [-0.05, 0) is 39.7 Å². The van der Waals surface area contributed by atoms with Crippen molar-refractivity contribution in [2.24, 2.45) is 0 Å². The average Bonchev–Trinajstić information content (AvgIpc) is 2.28. The van der Waals surface area contributed by atoms with Gasteiger partial charge < -0.3 is 5.32 Å². The molecule has 1 aromatic heterocycles. The summed E-state index contributed by atoms with van der Waals surface area (Å²) >= 11 is 14.7. The second-order valence-electron chi connectivity index (χ2n) is 3.06. The number of nitrogens with zero attached hydrogens (tertiary/aromatic N) is 2. The van der Waals surface area contributed by atoms with Crippen molar-refractivity contribution >= 4 is 50.6 Å². The maximum atomic E-state index is 13.6. The third kappa shape index (κ3) is 2.86. The van der Waals surface area contributed by atoms with E-state index in [2.05, 4.69) is 31.2 Å². The summed E-state index contributed by atoms with van der Waals surface area (Å²) in [7, 11) is 0. The van der Waals surface area contributed by atoms with Crippen molar-refractivity contribution in [3.8, 4) is 0 Å². The molecular weight excluding hydrogens is 332 g/mol. The molecule has 1 N–H and O–H groups in total. The molecule has 0 bridgehead atoms. The van der Waals surface area contributed by atoms with Crippen molar-refractivity contribution in [2.45, 2.75) is 0 Å². The number of hydrogen-bond acceptors (Lipinski definition) is 3. The summed E-state index contributed by atoms with van der Waals surface area (Å²) in [5, 5.41) is 3.05. The first-order valence-electron chi connectivity index (χ1n) is 4.47. The molecule has 0 unspecified atom stereocenters. The zero-order valence-electron chi connectivity index (χ0n) is 8.22. The van der Waals surface area contributed by atoms with E-state index in [4.69, 9.17) is 23.2 Å². The maximum Gasteiger partial charge on any atom is 0.224 e. The third-order valence-corrected chi connectivity index (χ3v) is 3.04. The number of aromatic nitrogens is 2. The maximum absolute atomic E-state index is 13.6. The molecule has 17 heavy (non-hydrogen) atoms. The van der Waals surface area contributed by atoms with E-state index in [1.165, 1.54) is 12.3 Å². The predicted octanol–water partition coefficient (Wildman–Crippen LogP) is 4.43. The van der Waals surface area contributed by atoms with Crippen molar-refractivity contribution in [1.82, 2.24) is 9.97 Å². The van der Waals surface area contributed by atoms with Gasteiger partial charge in [0.05, 0.1) is 11.9 Å². The topological polar surface area (TPSA) is 37.8 Å². The van der Waals surface area contributed by atoms with E-state index >= 15 is 0 Å². The summed E-state index contributed by atoms with van der Waals surface area (Å²) in [5.41, 5.74) is 0.240. The average molecular weight is 337 g/mol. The summed E-state index contributed by atoms with van der Waals surface area (Å²) in [5.74, 6) is -0.178. The van der Waals surface area contributed by atoms with Crippen LogP contribution in [0.3, 0.4) is 0 Å². The molecule has 0 aliphatic rings. The van der Waals surface area contributed by atoms with Crippen molar-refractivity contribution < 1.29 is 4.39 Å². The molecular formula is C10H5BrCl2FN3. The molecule has 0 saturated carbocycles. The Balaban J connectivity index is 2.41. The molecule has 0 fully saturated rings. The van der Waals surface area contributed by atoms with Crippen LogP contribution in [0.4, 0.5) is 15.9 Å². The van der Waals surface area contributed by atoms with Crippen LogP contribution >= 0.6 is 39.1 Å². The zero-order chi connectivity index (χ0) is 12.4. The fraction of sp³-hybridized carbons (Fsp3) is 0. The number of halogens is 4. The first-order valence-corrected chi connectivity index (χ1v) is 6.02. The second-order valence-corrected chi connectivity index (χ2v) is 4.66. The van der Waals surface area contributed by atoms with Crippen LogP contribution in [0.2, 0.25) is 10.3 Å². The zero-order valence-corrected chi connectivity index (χ0v) is 11.3. The van der Waals surface area contributed by atoms with Crippen molar-refractivity contribution in [2.75, 3.05) is 5.32 Å². The van der Waals surface area contributed by atoms with Gasteiger partial charge in [0.1, 0.15) is 10.8 Å². The summed E-state index contributed by atoms with van der Waals surface area (Å²) in [6.45, 7) is 0. The van der Waals surface area contributed by atoms with E-state index in [1.54, 1.807) is 12.1 Å². The monoisotopic (exact) mass is 335 g/mol. The highest BCUT2D eigenvalue weighted by atomic mass is 79.9. The summed E-state index contributed by atoms with van der Waals surface area (Å²) in [6, 6.07) is 4.60. The van der Waals surface area contributed by atoms with E-state index in [-0.39, 0.29) is 21.8 Å². The highest BCUT2D eigenvalue weighted by molar-refractivity contribution is 9.10. The second kappa shape index (κ2) is 5.16. The Hall–Kier alpha value is -0.910. The van der Waals surface area contributed by atoms with Crippen LogP contribution in [0.15, 0.2) is 28.9 Å². The Morgan fingerprint density at radius 2 is 2.06 bits per heavy atom. The molecule has 7 heteroatoms. The van der Waals surface area contributed by atoms with E-state index in [0.29, 0.717) is 4.47 Å². The Labute approximate surface area is 115 Å². The molecule has 0 aliphatic heterocycles. The van der Waals surface area contributed by atoms with Gasteiger partial charge in [0, 0.05) is 4.47 Å². The van der Waals surface area contributed by atoms with Gasteiger partial charge in [0.25, 0.3) is 0 Å². The lowest BCUT2D eigenvalue weighted by Gasteiger charge is -2.09. The molecule has 1 heterocycles. The standard InChI is InChI=1S/C10H5BrCl2FN3/c11-5-2-1-3-7(14)8(5)16-9-6(12)4-15-10(13)17-9/h1-4H,(H,15,16,17). The van der Waals surface area contributed by atoms with Crippen LogP contribution in [-0.4, -0.2) is 9.97 Å². The Morgan fingerprint density at radius 1 is 1.29 bits per heavy atom.